The van der Waals surface area contributed by atoms with Crippen LogP contribution in [0.2, 0.25) is 0 Å². The van der Waals surface area contributed by atoms with Crippen LogP contribution in [0.4, 0.5) is 0 Å². The molecule has 90 valence electrons. The molecule has 7 nitrogen and oxygen atoms in total. The molecule has 0 saturated carbocycles. The van der Waals surface area contributed by atoms with Crippen LogP contribution in [-0.4, -0.2) is 28.2 Å². The molecule has 0 unspecified atom stereocenters. The van der Waals surface area contributed by atoms with Crippen molar-refractivity contribution in [3.8, 4) is 0 Å². The number of hydrogen-bond donors (Lipinski definition) is 1. The van der Waals surface area contributed by atoms with E-state index in [9.17, 15) is 14.4 Å². The number of carbonyl (C=O) groups is 1. The summed E-state index contributed by atoms with van der Waals surface area (Å²) in [6.45, 7) is 0.234. The van der Waals surface area contributed by atoms with Crippen LogP contribution in [0.1, 0.15) is 12.6 Å². The number of esters is 1. The summed E-state index contributed by atoms with van der Waals surface area (Å²) in [5.41, 5.74) is -0.986. The van der Waals surface area contributed by atoms with E-state index in [1.807, 2.05) is 0 Å². The predicted octanol–water partition coefficient (Wildman–Crippen LogP) is -1.00. The molecule has 3 atom stereocenters. The highest BCUT2D eigenvalue weighted by atomic mass is 16.6. The lowest BCUT2D eigenvalue weighted by molar-refractivity contribution is -0.142. The summed E-state index contributed by atoms with van der Waals surface area (Å²) in [6.07, 6.45) is 0.974. The van der Waals surface area contributed by atoms with Gasteiger partial charge in [0.1, 0.15) is 18.9 Å². The Morgan fingerprint density at radius 2 is 2.18 bits per heavy atom. The lowest BCUT2D eigenvalue weighted by Crippen LogP contribution is -2.31. The molecule has 17 heavy (non-hydrogen) atoms. The zero-order valence-corrected chi connectivity index (χ0v) is 8.79. The van der Waals surface area contributed by atoms with Crippen molar-refractivity contribution in [2.75, 3.05) is 6.61 Å². The lowest BCUT2D eigenvalue weighted by Gasteiger charge is -2.14. The second kappa shape index (κ2) is 3.56. The van der Waals surface area contributed by atoms with Crippen molar-refractivity contribution in [1.82, 2.24) is 9.55 Å². The summed E-state index contributed by atoms with van der Waals surface area (Å²) in [5, 5.41) is 0. The molecule has 1 aromatic heterocycles. The third kappa shape index (κ3) is 1.59. The van der Waals surface area contributed by atoms with Gasteiger partial charge in [-0.15, -0.1) is 0 Å². The Kier molecular flexibility index (Phi) is 2.15. The minimum absolute atomic E-state index is 0.234. The van der Waals surface area contributed by atoms with Crippen LogP contribution in [0, 0.1) is 5.92 Å². The molecule has 1 N–H and O–H groups in total. The molecule has 0 bridgehead atoms. The fourth-order valence-electron chi connectivity index (χ4n) is 2.23. The van der Waals surface area contributed by atoms with E-state index in [4.69, 9.17) is 9.47 Å². The first kappa shape index (κ1) is 10.3. The number of ether oxygens (including phenoxy) is 2. The second-order valence-electron chi connectivity index (χ2n) is 4.12. The van der Waals surface area contributed by atoms with E-state index in [1.165, 1.54) is 16.8 Å². The highest BCUT2D eigenvalue weighted by Crippen LogP contribution is 2.36. The first-order valence-electron chi connectivity index (χ1n) is 5.29. The molecular weight excluding hydrogens is 228 g/mol. The van der Waals surface area contributed by atoms with Crippen LogP contribution >= 0.6 is 0 Å². The zero-order chi connectivity index (χ0) is 12.0. The quantitative estimate of drug-likeness (QED) is 0.633. The van der Waals surface area contributed by atoms with Crippen molar-refractivity contribution in [1.29, 1.82) is 0 Å². The number of nitrogens with one attached hydrogen (secondary N) is 1. The highest BCUT2D eigenvalue weighted by molar-refractivity contribution is 5.75. The SMILES string of the molecule is O=C1OC[C@H]2O[C@@H](n3ccc(=O)[nH]c3=O)C[C@@H]12. The van der Waals surface area contributed by atoms with E-state index in [0.717, 1.165) is 0 Å². The number of cyclic esters (lactones) is 1. The topological polar surface area (TPSA) is 90.4 Å². The molecule has 2 saturated heterocycles. The number of aromatic nitrogens is 2. The molecular formula is C10H10N2O5. The van der Waals surface area contributed by atoms with Gasteiger partial charge in [0.2, 0.25) is 0 Å². The van der Waals surface area contributed by atoms with Gasteiger partial charge in [0.15, 0.2) is 0 Å². The van der Waals surface area contributed by atoms with Crippen molar-refractivity contribution in [2.24, 2.45) is 5.92 Å². The molecule has 0 spiro atoms. The molecule has 0 amide bonds. The molecule has 0 aliphatic carbocycles. The zero-order valence-electron chi connectivity index (χ0n) is 8.79. The molecule has 2 aliphatic heterocycles. The van der Waals surface area contributed by atoms with Crippen molar-refractivity contribution in [2.45, 2.75) is 18.8 Å². The molecule has 3 rings (SSSR count). The molecule has 0 radical (unpaired) electrons. The summed E-state index contributed by atoms with van der Waals surface area (Å²) < 4.78 is 11.7. The molecule has 0 aromatic carbocycles. The normalized spacial score (nSPS) is 31.3. The van der Waals surface area contributed by atoms with Crippen LogP contribution in [0.3, 0.4) is 0 Å². The highest BCUT2D eigenvalue weighted by Gasteiger charge is 2.46. The van der Waals surface area contributed by atoms with Crippen LogP contribution in [0.5, 0.6) is 0 Å². The maximum Gasteiger partial charge on any atom is 0.330 e. The largest absolute Gasteiger partial charge is 0.463 e. The number of fused-ring (bicyclic) bond motifs is 1. The summed E-state index contributed by atoms with van der Waals surface area (Å²) in [7, 11) is 0. The van der Waals surface area contributed by atoms with E-state index in [1.54, 1.807) is 0 Å². The standard InChI is InChI=1S/C10H10N2O5/c13-7-1-2-12(10(15)11-7)8-3-5-6(17-8)4-16-9(5)14/h1-2,5-6,8H,3-4H2,(H,11,13,15)/t5-,6-,8-/m1/s1. The van der Waals surface area contributed by atoms with Gasteiger partial charge in [0, 0.05) is 18.7 Å². The van der Waals surface area contributed by atoms with E-state index >= 15 is 0 Å². The van der Waals surface area contributed by atoms with Crippen LogP contribution in [0.25, 0.3) is 0 Å². The Morgan fingerprint density at radius 3 is 2.88 bits per heavy atom. The molecule has 3 heterocycles. The Morgan fingerprint density at radius 1 is 1.35 bits per heavy atom. The van der Waals surface area contributed by atoms with E-state index in [0.29, 0.717) is 6.42 Å². The minimum atomic E-state index is -0.532. The Bertz CT molecular complexity index is 575. The number of aromatic amines is 1. The number of rotatable bonds is 1. The van der Waals surface area contributed by atoms with Gasteiger partial charge in [-0.1, -0.05) is 0 Å². The van der Waals surface area contributed by atoms with Gasteiger partial charge in [-0.25, -0.2) is 4.79 Å². The third-order valence-electron chi connectivity index (χ3n) is 3.09. The number of hydrogen-bond acceptors (Lipinski definition) is 5. The van der Waals surface area contributed by atoms with E-state index in [-0.39, 0.29) is 24.6 Å². The Labute approximate surface area is 95.0 Å². The fourth-order valence-corrected chi connectivity index (χ4v) is 2.23. The van der Waals surface area contributed by atoms with Crippen LogP contribution in [-0.2, 0) is 14.3 Å². The lowest BCUT2D eigenvalue weighted by atomic mass is 10.0. The van der Waals surface area contributed by atoms with Gasteiger partial charge in [-0.05, 0) is 0 Å². The fraction of sp³-hybridized carbons (Fsp3) is 0.500. The van der Waals surface area contributed by atoms with Crippen LogP contribution in [0.15, 0.2) is 21.9 Å². The molecule has 1 aromatic rings. The average molecular weight is 238 g/mol. The maximum absolute atomic E-state index is 11.5. The number of carbonyl (C=O) groups excluding carboxylic acids is 1. The monoisotopic (exact) mass is 238 g/mol. The average Bonchev–Trinajstić information content (AvgIpc) is 2.81. The van der Waals surface area contributed by atoms with Gasteiger partial charge >= 0.3 is 11.7 Å². The van der Waals surface area contributed by atoms with Gasteiger partial charge in [-0.3, -0.25) is 19.1 Å². The van der Waals surface area contributed by atoms with Crippen molar-refractivity contribution >= 4 is 5.97 Å². The smallest absolute Gasteiger partial charge is 0.330 e. The van der Waals surface area contributed by atoms with Crippen LogP contribution < -0.4 is 11.2 Å². The Balaban J connectivity index is 1.90. The first-order chi connectivity index (χ1) is 8.15. The predicted molar refractivity (Wildman–Crippen MR) is 54.3 cm³/mol. The summed E-state index contributed by atoms with van der Waals surface area (Å²) in [5.74, 6) is -0.589. The van der Waals surface area contributed by atoms with Crippen molar-refractivity contribution in [3.05, 3.63) is 33.1 Å². The van der Waals surface area contributed by atoms with Gasteiger partial charge in [-0.2, -0.15) is 0 Å². The number of nitrogens with zero attached hydrogens (tertiary/aromatic N) is 1. The van der Waals surface area contributed by atoms with Gasteiger partial charge in [0.25, 0.3) is 5.56 Å². The van der Waals surface area contributed by atoms with E-state index in [2.05, 4.69) is 4.98 Å². The molecule has 7 heteroatoms. The van der Waals surface area contributed by atoms with Crippen molar-refractivity contribution < 1.29 is 14.3 Å². The molecule has 2 fully saturated rings. The third-order valence-corrected chi connectivity index (χ3v) is 3.09. The second-order valence-corrected chi connectivity index (χ2v) is 4.12. The summed E-state index contributed by atoms with van der Waals surface area (Å²) >= 11 is 0. The maximum atomic E-state index is 11.5. The summed E-state index contributed by atoms with van der Waals surface area (Å²) in [6, 6.07) is 1.25. The van der Waals surface area contributed by atoms with Gasteiger partial charge in [0.05, 0.1) is 5.92 Å². The van der Waals surface area contributed by atoms with Gasteiger partial charge < -0.3 is 9.47 Å². The number of H-pyrrole nitrogens is 1. The first-order valence-corrected chi connectivity index (χ1v) is 5.29. The van der Waals surface area contributed by atoms with E-state index < -0.39 is 17.5 Å². The Hall–Kier alpha value is -1.89. The minimum Gasteiger partial charge on any atom is -0.463 e. The van der Waals surface area contributed by atoms with Crippen molar-refractivity contribution in [3.63, 3.8) is 0 Å². The summed E-state index contributed by atoms with van der Waals surface area (Å²) in [4.78, 5) is 35.9. The molecule has 2 aliphatic rings.